The molecular weight excluding hydrogens is 271 g/mol. The first-order valence-electron chi connectivity index (χ1n) is 5.58. The molecule has 0 aromatic heterocycles. The number of hydrogen-bond donors (Lipinski definition) is 3. The number of hydrogen-bond acceptors (Lipinski definition) is 4. The molecule has 0 radical (unpaired) electrons. The van der Waals surface area contributed by atoms with Crippen molar-refractivity contribution in [2.24, 2.45) is 5.73 Å². The van der Waals surface area contributed by atoms with E-state index in [1.807, 2.05) is 0 Å². The Hall–Kier alpha value is -2.64. The fourth-order valence-corrected chi connectivity index (χ4v) is 1.34. The minimum Gasteiger partial charge on any atom is -0.481 e. The molecule has 0 saturated carbocycles. The van der Waals surface area contributed by atoms with Crippen molar-refractivity contribution in [2.45, 2.75) is 12.5 Å². The third-order valence-electron chi connectivity index (χ3n) is 2.23. The maximum atomic E-state index is 13.2. The van der Waals surface area contributed by atoms with Crippen LogP contribution in [0.5, 0.6) is 5.75 Å². The van der Waals surface area contributed by atoms with Crippen LogP contribution in [0.1, 0.15) is 6.42 Å². The van der Waals surface area contributed by atoms with E-state index < -0.39 is 42.7 Å². The molecule has 0 unspecified atom stereocenters. The minimum atomic E-state index is -1.44. The average Bonchev–Trinajstić information content (AvgIpc) is 2.36. The van der Waals surface area contributed by atoms with Gasteiger partial charge in [0.1, 0.15) is 6.04 Å². The number of aliphatic carboxylic acids is 1. The second-order valence-corrected chi connectivity index (χ2v) is 3.85. The van der Waals surface area contributed by atoms with Crippen LogP contribution in [-0.4, -0.2) is 35.5 Å². The Morgan fingerprint density at radius 1 is 1.35 bits per heavy atom. The van der Waals surface area contributed by atoms with E-state index in [9.17, 15) is 18.8 Å². The number of benzene rings is 1. The maximum absolute atomic E-state index is 13.2. The first-order chi connectivity index (χ1) is 9.40. The van der Waals surface area contributed by atoms with Crippen LogP contribution >= 0.6 is 0 Å². The lowest BCUT2D eigenvalue weighted by Gasteiger charge is -2.13. The zero-order valence-corrected chi connectivity index (χ0v) is 10.3. The first kappa shape index (κ1) is 15.4. The van der Waals surface area contributed by atoms with Crippen LogP contribution in [0.4, 0.5) is 4.39 Å². The number of carboxylic acids is 1. The smallest absolute Gasteiger partial charge is 0.326 e. The predicted octanol–water partition coefficient (Wildman–Crippen LogP) is -0.351. The molecule has 0 fully saturated rings. The van der Waals surface area contributed by atoms with Crippen molar-refractivity contribution in [2.75, 3.05) is 6.61 Å². The Morgan fingerprint density at radius 2 is 2.00 bits per heavy atom. The quantitative estimate of drug-likeness (QED) is 0.632. The first-order valence-corrected chi connectivity index (χ1v) is 5.58. The molecule has 1 atom stereocenters. The molecule has 1 rings (SSSR count). The average molecular weight is 284 g/mol. The molecule has 0 heterocycles. The van der Waals surface area contributed by atoms with Crippen LogP contribution in [-0.2, 0) is 14.4 Å². The van der Waals surface area contributed by atoms with E-state index in [1.54, 1.807) is 0 Å². The van der Waals surface area contributed by atoms with E-state index in [1.165, 1.54) is 18.2 Å². The number of halogens is 1. The number of para-hydroxylation sites is 1. The topological polar surface area (TPSA) is 119 Å². The van der Waals surface area contributed by atoms with Gasteiger partial charge in [0.2, 0.25) is 5.91 Å². The molecule has 0 aliphatic carbocycles. The van der Waals surface area contributed by atoms with Gasteiger partial charge in [-0.1, -0.05) is 12.1 Å². The van der Waals surface area contributed by atoms with Crippen LogP contribution in [0, 0.1) is 5.82 Å². The molecule has 4 N–H and O–H groups in total. The summed E-state index contributed by atoms with van der Waals surface area (Å²) in [6, 6.07) is 4.00. The summed E-state index contributed by atoms with van der Waals surface area (Å²) in [5, 5.41) is 10.8. The third-order valence-corrected chi connectivity index (χ3v) is 2.23. The Morgan fingerprint density at radius 3 is 2.55 bits per heavy atom. The van der Waals surface area contributed by atoms with E-state index in [0.717, 1.165) is 6.07 Å². The SMILES string of the molecule is NC(=O)C[C@@H](NC(=O)COc1ccccc1F)C(=O)O. The van der Waals surface area contributed by atoms with Gasteiger partial charge >= 0.3 is 5.97 Å². The lowest BCUT2D eigenvalue weighted by molar-refractivity contribution is -0.143. The standard InChI is InChI=1S/C12H13FN2O5/c13-7-3-1-2-4-9(7)20-6-11(17)15-8(12(18)19)5-10(14)16/h1-4,8H,5-6H2,(H2,14,16)(H,15,17)(H,18,19)/t8-/m1/s1. The van der Waals surface area contributed by atoms with Gasteiger partial charge in [-0.3, -0.25) is 9.59 Å². The number of carbonyl (C=O) groups is 3. The van der Waals surface area contributed by atoms with Crippen molar-refractivity contribution < 1.29 is 28.6 Å². The predicted molar refractivity (Wildman–Crippen MR) is 65.3 cm³/mol. The van der Waals surface area contributed by atoms with Crippen molar-refractivity contribution in [1.29, 1.82) is 0 Å². The number of primary amides is 1. The maximum Gasteiger partial charge on any atom is 0.326 e. The fourth-order valence-electron chi connectivity index (χ4n) is 1.34. The van der Waals surface area contributed by atoms with Crippen molar-refractivity contribution in [1.82, 2.24) is 5.32 Å². The lowest BCUT2D eigenvalue weighted by atomic mass is 10.2. The molecule has 8 heteroatoms. The van der Waals surface area contributed by atoms with Gasteiger partial charge in [0.05, 0.1) is 6.42 Å². The second kappa shape index (κ2) is 7.07. The zero-order chi connectivity index (χ0) is 15.1. The Labute approximate surface area is 113 Å². The Kier molecular flexibility index (Phi) is 5.45. The van der Waals surface area contributed by atoms with E-state index in [4.69, 9.17) is 15.6 Å². The van der Waals surface area contributed by atoms with E-state index >= 15 is 0 Å². The second-order valence-electron chi connectivity index (χ2n) is 3.85. The number of carboxylic acid groups (broad SMARTS) is 1. The van der Waals surface area contributed by atoms with Gasteiger partial charge in [0.15, 0.2) is 18.2 Å². The molecule has 0 spiro atoms. The summed E-state index contributed by atoms with van der Waals surface area (Å²) in [6.07, 6.45) is -0.541. The van der Waals surface area contributed by atoms with E-state index in [0.29, 0.717) is 0 Å². The lowest BCUT2D eigenvalue weighted by Crippen LogP contribution is -2.45. The number of nitrogens with two attached hydrogens (primary N) is 1. The van der Waals surface area contributed by atoms with Crippen LogP contribution in [0.3, 0.4) is 0 Å². The summed E-state index contributed by atoms with van der Waals surface area (Å²) in [5.41, 5.74) is 4.86. The highest BCUT2D eigenvalue weighted by Gasteiger charge is 2.22. The number of carbonyl (C=O) groups excluding carboxylic acids is 2. The molecule has 1 aromatic carbocycles. The summed E-state index contributed by atoms with van der Waals surface area (Å²) in [5.74, 6) is -3.85. The third kappa shape index (κ3) is 4.92. The largest absolute Gasteiger partial charge is 0.481 e. The van der Waals surface area contributed by atoms with Crippen LogP contribution in [0.25, 0.3) is 0 Å². The van der Waals surface area contributed by atoms with Crippen molar-refractivity contribution >= 4 is 17.8 Å². The molecule has 1 aromatic rings. The normalized spacial score (nSPS) is 11.4. The summed E-state index contributed by atoms with van der Waals surface area (Å²) < 4.78 is 18.1. The van der Waals surface area contributed by atoms with Crippen LogP contribution in [0.2, 0.25) is 0 Å². The van der Waals surface area contributed by atoms with E-state index in [-0.39, 0.29) is 5.75 Å². The number of rotatable bonds is 7. The zero-order valence-electron chi connectivity index (χ0n) is 10.3. The Balaban J connectivity index is 2.52. The molecular formula is C12H13FN2O5. The van der Waals surface area contributed by atoms with Gasteiger partial charge in [-0.05, 0) is 12.1 Å². The van der Waals surface area contributed by atoms with Gasteiger partial charge in [-0.2, -0.15) is 0 Å². The van der Waals surface area contributed by atoms with Crippen LogP contribution in [0.15, 0.2) is 24.3 Å². The molecule has 0 aliphatic rings. The molecule has 0 aliphatic heterocycles. The summed E-state index contributed by atoms with van der Waals surface area (Å²) in [7, 11) is 0. The molecule has 7 nitrogen and oxygen atoms in total. The number of ether oxygens (including phenoxy) is 1. The van der Waals surface area contributed by atoms with Crippen molar-refractivity contribution in [3.8, 4) is 5.75 Å². The summed E-state index contributed by atoms with van der Waals surface area (Å²) in [6.45, 7) is -0.580. The van der Waals surface area contributed by atoms with Gasteiger partial charge < -0.3 is 20.9 Å². The monoisotopic (exact) mass is 284 g/mol. The minimum absolute atomic E-state index is 0.135. The van der Waals surface area contributed by atoms with Gasteiger partial charge in [0, 0.05) is 0 Å². The van der Waals surface area contributed by atoms with Crippen molar-refractivity contribution in [3.63, 3.8) is 0 Å². The van der Waals surface area contributed by atoms with E-state index in [2.05, 4.69) is 5.32 Å². The highest BCUT2D eigenvalue weighted by molar-refractivity contribution is 5.88. The highest BCUT2D eigenvalue weighted by atomic mass is 19.1. The Bertz CT molecular complexity index is 520. The number of amides is 2. The summed E-state index contributed by atoms with van der Waals surface area (Å²) in [4.78, 5) is 32.9. The van der Waals surface area contributed by atoms with Gasteiger partial charge in [-0.25, -0.2) is 9.18 Å². The van der Waals surface area contributed by atoms with Gasteiger partial charge in [0.25, 0.3) is 5.91 Å². The summed E-state index contributed by atoms with van der Waals surface area (Å²) >= 11 is 0. The molecule has 108 valence electrons. The molecule has 2 amide bonds. The molecule has 0 saturated heterocycles. The molecule has 0 bridgehead atoms. The van der Waals surface area contributed by atoms with Gasteiger partial charge in [-0.15, -0.1) is 0 Å². The van der Waals surface area contributed by atoms with Crippen molar-refractivity contribution in [3.05, 3.63) is 30.1 Å². The van der Waals surface area contributed by atoms with Crippen LogP contribution < -0.4 is 15.8 Å². The highest BCUT2D eigenvalue weighted by Crippen LogP contribution is 2.14. The molecule has 20 heavy (non-hydrogen) atoms. The fraction of sp³-hybridized carbons (Fsp3) is 0.250. The number of nitrogens with one attached hydrogen (secondary N) is 1.